The number of carbonyl (C=O) groups excluding carboxylic acids is 1. The van der Waals surface area contributed by atoms with E-state index in [0.29, 0.717) is 0 Å². The number of carbonyl (C=O) groups is 1. The summed E-state index contributed by atoms with van der Waals surface area (Å²) >= 11 is 0. The van der Waals surface area contributed by atoms with Crippen molar-refractivity contribution >= 4 is 15.9 Å². The van der Waals surface area contributed by atoms with Gasteiger partial charge in [0.2, 0.25) is 10.0 Å². The number of amides is 1. The molecule has 136 valence electrons. The highest BCUT2D eigenvalue weighted by atomic mass is 32.2. The second-order valence-electron chi connectivity index (χ2n) is 5.42. The third-order valence-corrected chi connectivity index (χ3v) is 4.90. The Kier molecular flexibility index (Phi) is 8.17. The molecule has 0 saturated heterocycles. The molecule has 1 aromatic rings. The molecule has 7 nitrogen and oxygen atoms in total. The molecule has 1 rings (SSSR count). The summed E-state index contributed by atoms with van der Waals surface area (Å²) in [7, 11) is -0.940. The van der Waals surface area contributed by atoms with Gasteiger partial charge in [0, 0.05) is 25.3 Å². The molecule has 0 saturated carbocycles. The largest absolute Gasteiger partial charge is 0.495 e. The van der Waals surface area contributed by atoms with Crippen molar-refractivity contribution in [3.8, 4) is 5.75 Å². The minimum atomic E-state index is -3.80. The quantitative estimate of drug-likeness (QED) is 0.619. The average Bonchev–Trinajstić information content (AvgIpc) is 2.54. The van der Waals surface area contributed by atoms with Gasteiger partial charge in [-0.1, -0.05) is 13.3 Å². The molecule has 0 unspecified atom stereocenters. The van der Waals surface area contributed by atoms with Crippen LogP contribution in [0.1, 0.15) is 37.0 Å². The zero-order chi connectivity index (χ0) is 18.2. The Balaban J connectivity index is 3.05. The number of hydrogen-bond acceptors (Lipinski definition) is 5. The van der Waals surface area contributed by atoms with Gasteiger partial charge in [-0.15, -0.1) is 0 Å². The fourth-order valence-corrected chi connectivity index (χ4v) is 3.40. The molecule has 1 atom stereocenters. The van der Waals surface area contributed by atoms with Gasteiger partial charge in [0.1, 0.15) is 10.6 Å². The topological polar surface area (TPSA) is 93.7 Å². The number of rotatable bonds is 10. The first-order valence-corrected chi connectivity index (χ1v) is 9.31. The van der Waals surface area contributed by atoms with Crippen LogP contribution in [0.15, 0.2) is 23.1 Å². The first-order chi connectivity index (χ1) is 11.4. The smallest absolute Gasteiger partial charge is 0.251 e. The molecule has 1 amide bonds. The van der Waals surface area contributed by atoms with E-state index in [4.69, 9.17) is 9.47 Å². The summed E-state index contributed by atoms with van der Waals surface area (Å²) < 4.78 is 37.2. The van der Waals surface area contributed by atoms with E-state index in [1.54, 1.807) is 6.07 Å². The maximum Gasteiger partial charge on any atom is 0.251 e. The highest BCUT2D eigenvalue weighted by Crippen LogP contribution is 2.24. The van der Waals surface area contributed by atoms with E-state index < -0.39 is 10.0 Å². The van der Waals surface area contributed by atoms with Gasteiger partial charge in [-0.2, -0.15) is 0 Å². The fraction of sp³-hybridized carbons (Fsp3) is 0.562. The highest BCUT2D eigenvalue weighted by Gasteiger charge is 2.21. The molecule has 8 heteroatoms. The summed E-state index contributed by atoms with van der Waals surface area (Å²) in [4.78, 5) is 12.2. The molecule has 0 bridgehead atoms. The Morgan fingerprint density at radius 3 is 2.58 bits per heavy atom. The minimum absolute atomic E-state index is 0.0180. The molecule has 0 aromatic heterocycles. The van der Waals surface area contributed by atoms with Crippen molar-refractivity contribution in [3.05, 3.63) is 23.8 Å². The maximum absolute atomic E-state index is 12.4. The minimum Gasteiger partial charge on any atom is -0.495 e. The molecule has 0 aliphatic carbocycles. The molecule has 0 radical (unpaired) electrons. The Morgan fingerprint density at radius 2 is 2.00 bits per heavy atom. The van der Waals surface area contributed by atoms with E-state index in [1.165, 1.54) is 26.4 Å². The van der Waals surface area contributed by atoms with Crippen LogP contribution in [0.5, 0.6) is 5.75 Å². The molecule has 0 heterocycles. The number of hydrogen-bond donors (Lipinski definition) is 2. The van der Waals surface area contributed by atoms with E-state index in [-0.39, 0.29) is 41.3 Å². The van der Waals surface area contributed by atoms with Crippen molar-refractivity contribution in [3.63, 3.8) is 0 Å². The molecule has 2 N–H and O–H groups in total. The summed E-state index contributed by atoms with van der Waals surface area (Å²) in [5.41, 5.74) is 0.269. The SMILES string of the molecule is CCC[C@H](C)NC(=O)c1ccc(OC)c(S(=O)(=O)NCCOC)c1. The lowest BCUT2D eigenvalue weighted by Gasteiger charge is -2.15. The summed E-state index contributed by atoms with van der Waals surface area (Å²) in [6.45, 7) is 4.32. The number of ether oxygens (including phenoxy) is 2. The van der Waals surface area contributed by atoms with Crippen LogP contribution < -0.4 is 14.8 Å². The molecule has 0 aliphatic rings. The zero-order valence-electron chi connectivity index (χ0n) is 14.6. The predicted octanol–water partition coefficient (Wildman–Crippen LogP) is 1.54. The van der Waals surface area contributed by atoms with Gasteiger partial charge in [0.25, 0.3) is 5.91 Å². The molecular formula is C16H26N2O5S. The molecule has 0 aliphatic heterocycles. The van der Waals surface area contributed by atoms with Gasteiger partial charge >= 0.3 is 0 Å². The van der Waals surface area contributed by atoms with Crippen LogP contribution in [0.25, 0.3) is 0 Å². The highest BCUT2D eigenvalue weighted by molar-refractivity contribution is 7.89. The van der Waals surface area contributed by atoms with Gasteiger partial charge in [0.15, 0.2) is 0 Å². The summed E-state index contributed by atoms with van der Waals surface area (Å²) in [6.07, 6.45) is 1.80. The lowest BCUT2D eigenvalue weighted by atomic mass is 10.1. The van der Waals surface area contributed by atoms with Gasteiger partial charge < -0.3 is 14.8 Å². The normalized spacial score (nSPS) is 12.7. The fourth-order valence-electron chi connectivity index (χ4n) is 2.20. The number of nitrogens with one attached hydrogen (secondary N) is 2. The molecular weight excluding hydrogens is 332 g/mol. The lowest BCUT2D eigenvalue weighted by molar-refractivity contribution is 0.0938. The van der Waals surface area contributed by atoms with E-state index in [9.17, 15) is 13.2 Å². The number of methoxy groups -OCH3 is 2. The van der Waals surface area contributed by atoms with Crippen molar-refractivity contribution in [2.75, 3.05) is 27.4 Å². The number of sulfonamides is 1. The zero-order valence-corrected chi connectivity index (χ0v) is 15.4. The van der Waals surface area contributed by atoms with Crippen LogP contribution in [0.3, 0.4) is 0 Å². The third-order valence-electron chi connectivity index (χ3n) is 3.41. The monoisotopic (exact) mass is 358 g/mol. The molecule has 24 heavy (non-hydrogen) atoms. The van der Waals surface area contributed by atoms with Crippen LogP contribution in [-0.4, -0.2) is 47.7 Å². The molecule has 0 fully saturated rings. The predicted molar refractivity (Wildman–Crippen MR) is 91.9 cm³/mol. The second kappa shape index (κ2) is 9.61. The number of benzene rings is 1. The Labute approximate surface area is 143 Å². The van der Waals surface area contributed by atoms with Crippen molar-refractivity contribution in [2.45, 2.75) is 37.6 Å². The Morgan fingerprint density at radius 1 is 1.29 bits per heavy atom. The van der Waals surface area contributed by atoms with Crippen LogP contribution in [0, 0.1) is 0 Å². The molecule has 1 aromatic carbocycles. The van der Waals surface area contributed by atoms with Gasteiger partial charge in [0.05, 0.1) is 13.7 Å². The van der Waals surface area contributed by atoms with Crippen molar-refractivity contribution in [1.82, 2.24) is 10.0 Å². The van der Waals surface area contributed by atoms with Crippen LogP contribution in [0.4, 0.5) is 0 Å². The Hall–Kier alpha value is -1.64. The first kappa shape index (κ1) is 20.4. The summed E-state index contributed by atoms with van der Waals surface area (Å²) in [6, 6.07) is 4.36. The maximum atomic E-state index is 12.4. The summed E-state index contributed by atoms with van der Waals surface area (Å²) in [5.74, 6) is -0.134. The average molecular weight is 358 g/mol. The van der Waals surface area contributed by atoms with Crippen molar-refractivity contribution < 1.29 is 22.7 Å². The lowest BCUT2D eigenvalue weighted by Crippen LogP contribution is -2.33. The van der Waals surface area contributed by atoms with E-state index >= 15 is 0 Å². The van der Waals surface area contributed by atoms with Crippen molar-refractivity contribution in [2.24, 2.45) is 0 Å². The van der Waals surface area contributed by atoms with Gasteiger partial charge in [-0.3, -0.25) is 4.79 Å². The third kappa shape index (κ3) is 5.77. The van der Waals surface area contributed by atoms with Gasteiger partial charge in [-0.25, -0.2) is 13.1 Å². The van der Waals surface area contributed by atoms with Crippen LogP contribution >= 0.6 is 0 Å². The van der Waals surface area contributed by atoms with E-state index in [2.05, 4.69) is 10.0 Å². The van der Waals surface area contributed by atoms with E-state index in [1.807, 2.05) is 13.8 Å². The second-order valence-corrected chi connectivity index (χ2v) is 7.15. The molecule has 0 spiro atoms. The van der Waals surface area contributed by atoms with Crippen LogP contribution in [0.2, 0.25) is 0 Å². The van der Waals surface area contributed by atoms with Gasteiger partial charge in [-0.05, 0) is 31.5 Å². The van der Waals surface area contributed by atoms with E-state index in [0.717, 1.165) is 12.8 Å². The van der Waals surface area contributed by atoms with Crippen LogP contribution in [-0.2, 0) is 14.8 Å². The standard InChI is InChI=1S/C16H26N2O5S/c1-5-6-12(2)18-16(19)13-7-8-14(23-4)15(11-13)24(20,21)17-9-10-22-3/h7-8,11-12,17H,5-6,9-10H2,1-4H3,(H,18,19)/t12-/m0/s1. The first-order valence-electron chi connectivity index (χ1n) is 7.83. The van der Waals surface area contributed by atoms with Crippen molar-refractivity contribution in [1.29, 1.82) is 0 Å². The Bertz CT molecular complexity index is 646. The summed E-state index contributed by atoms with van der Waals surface area (Å²) in [5, 5.41) is 2.85.